The summed E-state index contributed by atoms with van der Waals surface area (Å²) in [4.78, 5) is 26.7. The van der Waals surface area contributed by atoms with Gasteiger partial charge in [-0.3, -0.25) is 9.59 Å². The van der Waals surface area contributed by atoms with Crippen LogP contribution in [0.25, 0.3) is 0 Å². The zero-order valence-corrected chi connectivity index (χ0v) is 39.4. The molecular formula is C50H102N2O6. The minimum absolute atomic E-state index is 0. The Kier molecular flexibility index (Phi) is 47.4. The molecule has 0 saturated heterocycles. The van der Waals surface area contributed by atoms with Crippen LogP contribution in [0, 0.1) is 0 Å². The fraction of sp³-hybridized carbons (Fsp3) is 0.960. The van der Waals surface area contributed by atoms with Crippen molar-refractivity contribution in [2.75, 3.05) is 59.9 Å². The van der Waals surface area contributed by atoms with Crippen LogP contribution in [-0.2, 0) is 28.5 Å². The molecule has 0 bridgehead atoms. The third-order valence-corrected chi connectivity index (χ3v) is 11.5. The second kappa shape index (κ2) is 48.4. The van der Waals surface area contributed by atoms with E-state index in [1.165, 1.54) is 180 Å². The highest BCUT2D eigenvalue weighted by molar-refractivity contribution is 5.75. The standard InChI is InChI=1S/C50H100N2O6.H2/c1-5-8-11-14-18-27-34-45-57-50(54)38-30-23-20-25-32-42-52(43-35-40-51-49(53)39-46-55-4)41-31-24-17-19-26-33-44-56-47-58-48(36-28-21-15-12-9-6-2)37-29-22-16-13-10-7-3;/h48H,5-47H2,1-4H3,(H,51,53);1H. The lowest BCUT2D eigenvalue weighted by molar-refractivity contribution is -0.143. The van der Waals surface area contributed by atoms with Crippen LogP contribution in [0.3, 0.4) is 0 Å². The summed E-state index contributed by atoms with van der Waals surface area (Å²) in [5.41, 5.74) is 0. The normalized spacial score (nSPS) is 11.6. The zero-order chi connectivity index (χ0) is 42.3. The van der Waals surface area contributed by atoms with Crippen LogP contribution in [0.15, 0.2) is 0 Å². The predicted molar refractivity (Wildman–Crippen MR) is 249 cm³/mol. The number of methoxy groups -OCH3 is 1. The minimum atomic E-state index is -0.0224. The molecule has 8 nitrogen and oxygen atoms in total. The highest BCUT2D eigenvalue weighted by Gasteiger charge is 2.10. The first-order chi connectivity index (χ1) is 28.6. The fourth-order valence-electron chi connectivity index (χ4n) is 7.67. The summed E-state index contributed by atoms with van der Waals surface area (Å²) < 4.78 is 22.7. The molecule has 0 rings (SSSR count). The first-order valence-electron chi connectivity index (χ1n) is 25.4. The van der Waals surface area contributed by atoms with Crippen molar-refractivity contribution in [1.29, 1.82) is 0 Å². The predicted octanol–water partition coefficient (Wildman–Crippen LogP) is 13.9. The topological polar surface area (TPSA) is 86.3 Å². The van der Waals surface area contributed by atoms with Gasteiger partial charge in [0.25, 0.3) is 0 Å². The molecule has 348 valence electrons. The molecule has 0 aliphatic rings. The van der Waals surface area contributed by atoms with Crippen molar-refractivity contribution in [2.45, 2.75) is 252 Å². The van der Waals surface area contributed by atoms with Crippen LogP contribution in [0.5, 0.6) is 0 Å². The first-order valence-corrected chi connectivity index (χ1v) is 25.4. The third kappa shape index (κ3) is 44.3. The van der Waals surface area contributed by atoms with Crippen molar-refractivity contribution in [3.05, 3.63) is 0 Å². The number of carbonyl (C=O) groups excluding carboxylic acids is 2. The van der Waals surface area contributed by atoms with Crippen LogP contribution < -0.4 is 5.32 Å². The molecule has 1 N–H and O–H groups in total. The van der Waals surface area contributed by atoms with Gasteiger partial charge in [0.1, 0.15) is 6.79 Å². The molecule has 0 aromatic rings. The molecule has 0 radical (unpaired) electrons. The molecule has 0 aromatic carbocycles. The van der Waals surface area contributed by atoms with Crippen molar-refractivity contribution in [2.24, 2.45) is 0 Å². The average Bonchev–Trinajstić information content (AvgIpc) is 3.22. The molecule has 0 saturated carbocycles. The molecule has 58 heavy (non-hydrogen) atoms. The summed E-state index contributed by atoms with van der Waals surface area (Å²) in [5.74, 6) is 0.0509. The van der Waals surface area contributed by atoms with E-state index in [-0.39, 0.29) is 13.3 Å². The second-order valence-corrected chi connectivity index (χ2v) is 17.2. The van der Waals surface area contributed by atoms with E-state index in [0.717, 1.165) is 64.9 Å². The molecule has 1 amide bonds. The Balaban J connectivity index is 0. The van der Waals surface area contributed by atoms with Gasteiger partial charge in [-0.15, -0.1) is 0 Å². The molecule has 0 spiro atoms. The van der Waals surface area contributed by atoms with E-state index >= 15 is 0 Å². The number of unbranched alkanes of at least 4 members (excludes halogenated alkanes) is 25. The maximum atomic E-state index is 12.1. The molecule has 0 aliphatic heterocycles. The number of rotatable bonds is 49. The summed E-state index contributed by atoms with van der Waals surface area (Å²) in [6.45, 7) is 13.1. The highest BCUT2D eigenvalue weighted by Crippen LogP contribution is 2.17. The molecule has 0 fully saturated rings. The summed E-state index contributed by atoms with van der Waals surface area (Å²) in [6.07, 6.45) is 42.4. The minimum Gasteiger partial charge on any atom is -0.466 e. The number of nitrogens with zero attached hydrogens (tertiary/aromatic N) is 1. The molecule has 0 unspecified atom stereocenters. The molecule has 0 aromatic heterocycles. The third-order valence-electron chi connectivity index (χ3n) is 11.5. The number of carbonyl (C=O) groups is 2. The Labute approximate surface area is 362 Å². The van der Waals surface area contributed by atoms with E-state index in [1.54, 1.807) is 7.11 Å². The summed E-state index contributed by atoms with van der Waals surface area (Å²) in [6, 6.07) is 0. The number of hydrogen-bond donors (Lipinski definition) is 1. The van der Waals surface area contributed by atoms with Gasteiger partial charge < -0.3 is 29.2 Å². The number of nitrogens with one attached hydrogen (secondary N) is 1. The summed E-state index contributed by atoms with van der Waals surface area (Å²) >= 11 is 0. The molecule has 0 heterocycles. The lowest BCUT2D eigenvalue weighted by atomic mass is 10.0. The SMILES string of the molecule is CCCCCCCCCOC(=O)CCCCCCCN(CCCCCCCCOCOC(CCCCCCCC)CCCCCCCC)CCCNC(=O)CCOC.[HH]. The largest absolute Gasteiger partial charge is 0.466 e. The zero-order valence-electron chi connectivity index (χ0n) is 39.4. The average molecular weight is 827 g/mol. The number of hydrogen-bond acceptors (Lipinski definition) is 7. The van der Waals surface area contributed by atoms with E-state index in [0.29, 0.717) is 39.0 Å². The van der Waals surface area contributed by atoms with Gasteiger partial charge in [0, 0.05) is 34.5 Å². The van der Waals surface area contributed by atoms with E-state index in [1.807, 2.05) is 0 Å². The van der Waals surface area contributed by atoms with Crippen molar-refractivity contribution in [3.63, 3.8) is 0 Å². The van der Waals surface area contributed by atoms with Gasteiger partial charge in [-0.1, -0.05) is 181 Å². The lowest BCUT2D eigenvalue weighted by Gasteiger charge is -2.22. The van der Waals surface area contributed by atoms with Gasteiger partial charge >= 0.3 is 5.97 Å². The Bertz CT molecular complexity index is 821. The maximum absolute atomic E-state index is 12.1. The van der Waals surface area contributed by atoms with Gasteiger partial charge in [-0.25, -0.2) is 0 Å². The van der Waals surface area contributed by atoms with Gasteiger partial charge in [0.2, 0.25) is 5.91 Å². The summed E-state index contributed by atoms with van der Waals surface area (Å²) in [5, 5.41) is 3.04. The maximum Gasteiger partial charge on any atom is 0.305 e. The Hall–Kier alpha value is -1.22. The van der Waals surface area contributed by atoms with Crippen LogP contribution in [0.2, 0.25) is 0 Å². The van der Waals surface area contributed by atoms with Crippen LogP contribution in [0.1, 0.15) is 247 Å². The quantitative estimate of drug-likeness (QED) is 0.0371. The Morgan fingerprint density at radius 3 is 1.48 bits per heavy atom. The van der Waals surface area contributed by atoms with Crippen molar-refractivity contribution >= 4 is 11.9 Å². The van der Waals surface area contributed by atoms with Gasteiger partial charge in [0.15, 0.2) is 0 Å². The van der Waals surface area contributed by atoms with Gasteiger partial charge in [-0.2, -0.15) is 0 Å². The van der Waals surface area contributed by atoms with E-state index in [9.17, 15) is 9.59 Å². The molecule has 8 heteroatoms. The van der Waals surface area contributed by atoms with Crippen molar-refractivity contribution < 1.29 is 30.0 Å². The Morgan fingerprint density at radius 2 is 0.948 bits per heavy atom. The fourth-order valence-corrected chi connectivity index (χ4v) is 7.67. The molecule has 0 atom stereocenters. The van der Waals surface area contributed by atoms with Gasteiger partial charge in [-0.05, 0) is 71.0 Å². The highest BCUT2D eigenvalue weighted by atomic mass is 16.7. The van der Waals surface area contributed by atoms with Crippen LogP contribution >= 0.6 is 0 Å². The number of ether oxygens (including phenoxy) is 4. The Morgan fingerprint density at radius 1 is 0.500 bits per heavy atom. The second-order valence-electron chi connectivity index (χ2n) is 17.2. The van der Waals surface area contributed by atoms with Crippen molar-refractivity contribution in [1.82, 2.24) is 10.2 Å². The number of amides is 1. The number of esters is 1. The smallest absolute Gasteiger partial charge is 0.305 e. The van der Waals surface area contributed by atoms with Crippen molar-refractivity contribution in [3.8, 4) is 0 Å². The monoisotopic (exact) mass is 827 g/mol. The van der Waals surface area contributed by atoms with E-state index < -0.39 is 0 Å². The van der Waals surface area contributed by atoms with Crippen LogP contribution in [-0.4, -0.2) is 82.8 Å². The molecule has 0 aliphatic carbocycles. The van der Waals surface area contributed by atoms with Gasteiger partial charge in [0.05, 0.1) is 19.3 Å². The van der Waals surface area contributed by atoms with E-state index in [4.69, 9.17) is 18.9 Å². The summed E-state index contributed by atoms with van der Waals surface area (Å²) in [7, 11) is 1.63. The lowest BCUT2D eigenvalue weighted by Crippen LogP contribution is -2.31. The van der Waals surface area contributed by atoms with Crippen LogP contribution in [0.4, 0.5) is 0 Å². The molecular weight excluding hydrogens is 725 g/mol. The first kappa shape index (κ1) is 56.8. The van der Waals surface area contributed by atoms with E-state index in [2.05, 4.69) is 31.0 Å².